The fourth-order valence-electron chi connectivity index (χ4n) is 3.68. The molecule has 3 aliphatic rings. The van der Waals surface area contributed by atoms with Gasteiger partial charge in [0.25, 0.3) is 11.5 Å². The molecule has 4 rings (SSSR count). The predicted molar refractivity (Wildman–Crippen MR) is 104 cm³/mol. The lowest BCUT2D eigenvalue weighted by atomic mass is 9.94. The second-order valence-corrected chi connectivity index (χ2v) is 7.34. The minimum Gasteiger partial charge on any atom is -0.367 e. The fraction of sp³-hybridized carbons (Fsp3) is 0.421. The number of amidine groups is 1. The Balaban J connectivity index is 1.40. The van der Waals surface area contributed by atoms with Gasteiger partial charge in [0.1, 0.15) is 11.4 Å². The molecule has 1 aromatic rings. The number of fused-ring (bicyclic) bond motifs is 1. The Hall–Kier alpha value is -3.23. The van der Waals surface area contributed by atoms with Crippen LogP contribution >= 0.6 is 0 Å². The number of aromatic nitrogens is 2. The van der Waals surface area contributed by atoms with Gasteiger partial charge in [0.05, 0.1) is 18.3 Å². The fourth-order valence-corrected chi connectivity index (χ4v) is 3.68. The Morgan fingerprint density at radius 1 is 1.18 bits per heavy atom. The summed E-state index contributed by atoms with van der Waals surface area (Å²) in [6.45, 7) is 4.04. The van der Waals surface area contributed by atoms with Crippen molar-refractivity contribution in [2.75, 3.05) is 31.1 Å². The summed E-state index contributed by atoms with van der Waals surface area (Å²) in [6, 6.07) is 1.55. The van der Waals surface area contributed by atoms with E-state index in [9.17, 15) is 14.4 Å². The highest BCUT2D eigenvalue weighted by Gasteiger charge is 2.47. The number of amides is 2. The van der Waals surface area contributed by atoms with E-state index in [4.69, 9.17) is 0 Å². The van der Waals surface area contributed by atoms with E-state index in [1.165, 1.54) is 4.68 Å². The van der Waals surface area contributed by atoms with Crippen LogP contribution in [0, 0.1) is 0 Å². The van der Waals surface area contributed by atoms with E-state index in [1.54, 1.807) is 48.3 Å². The molecule has 0 N–H and O–H groups in total. The molecule has 1 atom stereocenters. The molecule has 0 spiro atoms. The smallest absolute Gasteiger partial charge is 0.274 e. The van der Waals surface area contributed by atoms with E-state index in [-0.39, 0.29) is 23.8 Å². The van der Waals surface area contributed by atoms with Gasteiger partial charge in [-0.25, -0.2) is 4.68 Å². The summed E-state index contributed by atoms with van der Waals surface area (Å²) in [4.78, 5) is 46.8. The normalized spacial score (nSPS) is 23.9. The van der Waals surface area contributed by atoms with Gasteiger partial charge < -0.3 is 14.7 Å². The van der Waals surface area contributed by atoms with Crippen LogP contribution in [0.15, 0.2) is 46.5 Å². The van der Waals surface area contributed by atoms with Crippen LogP contribution in [0.1, 0.15) is 13.3 Å². The number of aliphatic imine (C=N–C) groups is 1. The molecule has 0 aromatic carbocycles. The largest absolute Gasteiger partial charge is 0.367 e. The maximum absolute atomic E-state index is 12.9. The minimum atomic E-state index is -0.986. The van der Waals surface area contributed by atoms with Crippen LogP contribution in [0.2, 0.25) is 0 Å². The van der Waals surface area contributed by atoms with Crippen LogP contribution in [0.25, 0.3) is 0 Å². The third kappa shape index (κ3) is 3.02. The zero-order valence-corrected chi connectivity index (χ0v) is 15.9. The average Bonchev–Trinajstić information content (AvgIpc) is 2.94. The first-order chi connectivity index (χ1) is 13.4. The first kappa shape index (κ1) is 18.1. The van der Waals surface area contributed by atoms with Gasteiger partial charge >= 0.3 is 0 Å². The highest BCUT2D eigenvalue weighted by Crippen LogP contribution is 2.31. The number of nitrogens with zero attached hydrogens (tertiary/aromatic N) is 6. The van der Waals surface area contributed by atoms with Crippen molar-refractivity contribution in [2.45, 2.75) is 18.9 Å². The molecule has 1 aromatic heterocycles. The monoisotopic (exact) mass is 382 g/mol. The molecule has 1 saturated heterocycles. The van der Waals surface area contributed by atoms with Crippen LogP contribution in [-0.4, -0.2) is 68.9 Å². The highest BCUT2D eigenvalue weighted by atomic mass is 16.2. The Morgan fingerprint density at radius 2 is 1.93 bits per heavy atom. The lowest BCUT2D eigenvalue weighted by molar-refractivity contribution is -0.137. The van der Waals surface area contributed by atoms with Crippen molar-refractivity contribution in [2.24, 2.45) is 12.0 Å². The maximum Gasteiger partial charge on any atom is 0.274 e. The zero-order chi connectivity index (χ0) is 19.9. The number of piperazine rings is 1. The molecule has 4 heterocycles. The van der Waals surface area contributed by atoms with E-state index in [2.05, 4.69) is 10.1 Å². The van der Waals surface area contributed by atoms with E-state index in [0.717, 1.165) is 5.69 Å². The quantitative estimate of drug-likeness (QED) is 0.725. The summed E-state index contributed by atoms with van der Waals surface area (Å²) in [6.07, 6.45) is 8.94. The van der Waals surface area contributed by atoms with E-state index in [1.807, 2.05) is 17.1 Å². The van der Waals surface area contributed by atoms with Gasteiger partial charge in [-0.1, -0.05) is 6.08 Å². The van der Waals surface area contributed by atoms with Crippen LogP contribution in [0.5, 0.6) is 0 Å². The molecule has 0 radical (unpaired) electrons. The second kappa shape index (κ2) is 6.74. The molecule has 0 bridgehead atoms. The van der Waals surface area contributed by atoms with Gasteiger partial charge in [0.2, 0.25) is 5.91 Å². The van der Waals surface area contributed by atoms with Crippen molar-refractivity contribution in [1.82, 2.24) is 19.6 Å². The minimum absolute atomic E-state index is 0.0722. The lowest BCUT2D eigenvalue weighted by Crippen LogP contribution is -2.54. The van der Waals surface area contributed by atoms with Crippen LogP contribution in [0.4, 0.5) is 5.69 Å². The molecule has 0 saturated carbocycles. The topological polar surface area (TPSA) is 91.1 Å². The maximum atomic E-state index is 12.9. The first-order valence-corrected chi connectivity index (χ1v) is 9.22. The number of allylic oxidation sites excluding steroid dienone is 2. The van der Waals surface area contributed by atoms with Crippen molar-refractivity contribution < 1.29 is 9.59 Å². The number of rotatable bonds is 3. The van der Waals surface area contributed by atoms with Crippen molar-refractivity contribution in [3.63, 3.8) is 0 Å². The number of hydrogen-bond acceptors (Lipinski definition) is 6. The second-order valence-electron chi connectivity index (χ2n) is 7.34. The van der Waals surface area contributed by atoms with Crippen LogP contribution in [0.3, 0.4) is 0 Å². The molecule has 146 valence electrons. The third-order valence-electron chi connectivity index (χ3n) is 5.49. The SMILES string of the molecule is Cn1ncc(N2CCN(C(=O)CC3(C)C(=O)N=C4C=CC=CN43)CC2)cc1=O. The van der Waals surface area contributed by atoms with Crippen LogP contribution < -0.4 is 10.5 Å². The number of aryl methyl sites for hydroxylation is 1. The Bertz CT molecular complexity index is 970. The zero-order valence-electron chi connectivity index (χ0n) is 15.9. The van der Waals surface area contributed by atoms with Crippen molar-refractivity contribution in [3.8, 4) is 0 Å². The standard InChI is InChI=1S/C19H22N6O3/c1-19(18(28)21-15-5-3-4-6-25(15)19)12-17(27)24-9-7-23(8-10-24)14-11-16(26)22(2)20-13-14/h3-6,11,13H,7-10,12H2,1-2H3. The average molecular weight is 382 g/mol. The van der Waals surface area contributed by atoms with E-state index >= 15 is 0 Å². The number of hydrogen-bond donors (Lipinski definition) is 0. The van der Waals surface area contributed by atoms with Gasteiger partial charge in [0, 0.05) is 45.5 Å². The summed E-state index contributed by atoms with van der Waals surface area (Å²) < 4.78 is 1.28. The number of anilines is 1. The predicted octanol–water partition coefficient (Wildman–Crippen LogP) is -0.0981. The lowest BCUT2D eigenvalue weighted by Gasteiger charge is -2.38. The molecular formula is C19H22N6O3. The van der Waals surface area contributed by atoms with Gasteiger partial charge in [-0.15, -0.1) is 0 Å². The molecule has 9 nitrogen and oxygen atoms in total. The Labute approximate surface area is 162 Å². The first-order valence-electron chi connectivity index (χ1n) is 9.22. The van der Waals surface area contributed by atoms with Gasteiger partial charge in [-0.2, -0.15) is 10.1 Å². The summed E-state index contributed by atoms with van der Waals surface area (Å²) in [5.74, 6) is 0.208. The van der Waals surface area contributed by atoms with Crippen molar-refractivity contribution in [1.29, 1.82) is 0 Å². The summed E-state index contributed by atoms with van der Waals surface area (Å²) in [5.41, 5.74) is -0.389. The third-order valence-corrected chi connectivity index (χ3v) is 5.49. The molecule has 3 aliphatic heterocycles. The van der Waals surface area contributed by atoms with Crippen molar-refractivity contribution in [3.05, 3.63) is 47.0 Å². The Kier molecular flexibility index (Phi) is 4.37. The summed E-state index contributed by atoms with van der Waals surface area (Å²) in [7, 11) is 1.61. The molecule has 28 heavy (non-hydrogen) atoms. The number of carbonyl (C=O) groups excluding carboxylic acids is 2. The molecule has 1 unspecified atom stereocenters. The van der Waals surface area contributed by atoms with Gasteiger partial charge in [0.15, 0.2) is 0 Å². The van der Waals surface area contributed by atoms with Gasteiger partial charge in [-0.3, -0.25) is 14.4 Å². The molecule has 9 heteroatoms. The number of carbonyl (C=O) groups is 2. The van der Waals surface area contributed by atoms with E-state index < -0.39 is 5.54 Å². The summed E-state index contributed by atoms with van der Waals surface area (Å²) >= 11 is 0. The van der Waals surface area contributed by atoms with Gasteiger partial charge in [-0.05, 0) is 19.1 Å². The van der Waals surface area contributed by atoms with E-state index in [0.29, 0.717) is 32.0 Å². The molecule has 1 fully saturated rings. The highest BCUT2D eigenvalue weighted by molar-refractivity contribution is 6.13. The molecular weight excluding hydrogens is 360 g/mol. The molecule has 0 aliphatic carbocycles. The Morgan fingerprint density at radius 3 is 2.64 bits per heavy atom. The van der Waals surface area contributed by atoms with Crippen molar-refractivity contribution >= 4 is 23.3 Å². The molecule has 2 amide bonds. The van der Waals surface area contributed by atoms with Crippen LogP contribution in [-0.2, 0) is 16.6 Å². The summed E-state index contributed by atoms with van der Waals surface area (Å²) in [5, 5.41) is 4.05.